The Morgan fingerprint density at radius 1 is 1.42 bits per heavy atom. The van der Waals surface area contributed by atoms with Gasteiger partial charge in [-0.1, -0.05) is 11.6 Å². The van der Waals surface area contributed by atoms with Gasteiger partial charge in [0.25, 0.3) is 5.91 Å². The summed E-state index contributed by atoms with van der Waals surface area (Å²) in [6.45, 7) is 1.68. The molecular weight excluding hydrogens is 276 g/mol. The highest BCUT2D eigenvalue weighted by molar-refractivity contribution is 6.33. The van der Waals surface area contributed by atoms with E-state index in [0.717, 1.165) is 0 Å². The van der Waals surface area contributed by atoms with Gasteiger partial charge in [-0.05, 0) is 13.0 Å². The molecule has 7 nitrogen and oxygen atoms in total. The molecule has 0 aliphatic heterocycles. The Labute approximate surface area is 113 Å². The van der Waals surface area contributed by atoms with E-state index in [1.807, 2.05) is 0 Å². The molecule has 1 amide bonds. The second kappa shape index (κ2) is 6.14. The smallest absolute Gasteiger partial charge is 0.326 e. The number of amides is 1. The van der Waals surface area contributed by atoms with Crippen molar-refractivity contribution >= 4 is 29.4 Å². The number of pyridine rings is 1. The van der Waals surface area contributed by atoms with Crippen LogP contribution < -0.4 is 5.32 Å². The van der Waals surface area contributed by atoms with Gasteiger partial charge in [-0.2, -0.15) is 0 Å². The van der Waals surface area contributed by atoms with Crippen molar-refractivity contribution in [1.29, 1.82) is 0 Å². The maximum atomic E-state index is 11.8. The fourth-order valence-corrected chi connectivity index (χ4v) is 1.60. The summed E-state index contributed by atoms with van der Waals surface area (Å²) in [6, 6.07) is -0.0777. The minimum Gasteiger partial charge on any atom is -0.481 e. The fraction of sp³-hybridized carbons (Fsp3) is 0.273. The van der Waals surface area contributed by atoms with Crippen LogP contribution in [0.15, 0.2) is 12.3 Å². The molecule has 0 unspecified atom stereocenters. The zero-order chi connectivity index (χ0) is 14.6. The third-order valence-corrected chi connectivity index (χ3v) is 2.53. The van der Waals surface area contributed by atoms with Gasteiger partial charge >= 0.3 is 11.9 Å². The molecule has 1 atom stereocenters. The van der Waals surface area contributed by atoms with E-state index < -0.39 is 30.3 Å². The molecule has 0 saturated heterocycles. The predicted molar refractivity (Wildman–Crippen MR) is 65.1 cm³/mol. The Balaban J connectivity index is 2.87. The van der Waals surface area contributed by atoms with Gasteiger partial charge in [0.2, 0.25) is 0 Å². The number of halogens is 1. The number of aromatic nitrogens is 1. The summed E-state index contributed by atoms with van der Waals surface area (Å²) in [7, 11) is 0. The van der Waals surface area contributed by atoms with Crippen molar-refractivity contribution in [1.82, 2.24) is 10.3 Å². The Hall–Kier alpha value is -2.15. The Morgan fingerprint density at radius 3 is 2.53 bits per heavy atom. The third-order valence-electron chi connectivity index (χ3n) is 2.22. The molecular formula is C11H11ClN2O5. The van der Waals surface area contributed by atoms with E-state index in [2.05, 4.69) is 10.3 Å². The molecule has 8 heteroatoms. The van der Waals surface area contributed by atoms with Gasteiger partial charge < -0.3 is 15.5 Å². The van der Waals surface area contributed by atoms with Crippen molar-refractivity contribution in [2.24, 2.45) is 0 Å². The number of hydrogen-bond acceptors (Lipinski definition) is 4. The van der Waals surface area contributed by atoms with Crippen LogP contribution in [0.5, 0.6) is 0 Å². The van der Waals surface area contributed by atoms with Crippen LogP contribution in [0.1, 0.15) is 22.5 Å². The van der Waals surface area contributed by atoms with E-state index in [1.165, 1.54) is 12.3 Å². The van der Waals surface area contributed by atoms with Gasteiger partial charge in [0.05, 0.1) is 17.0 Å². The highest BCUT2D eigenvalue weighted by Gasteiger charge is 2.24. The summed E-state index contributed by atoms with van der Waals surface area (Å²) >= 11 is 5.83. The standard InChI is InChI=1S/C11H11ClN2O5/c1-5-2-7(12)6(4-13-5)10(17)14-8(11(18)19)3-9(15)16/h2,4,8H,3H2,1H3,(H,14,17)(H,15,16)(H,18,19)/t8-/m0/s1. The minimum atomic E-state index is -1.53. The van der Waals surface area contributed by atoms with Gasteiger partial charge in [-0.25, -0.2) is 4.79 Å². The molecule has 0 fully saturated rings. The SMILES string of the molecule is Cc1cc(Cl)c(C(=O)N[C@@H](CC(=O)O)C(=O)O)cn1. The van der Waals surface area contributed by atoms with Gasteiger partial charge in [0.15, 0.2) is 0 Å². The molecule has 1 aromatic heterocycles. The van der Waals surface area contributed by atoms with Crippen molar-refractivity contribution in [3.05, 3.63) is 28.5 Å². The van der Waals surface area contributed by atoms with Crippen molar-refractivity contribution in [3.8, 4) is 0 Å². The lowest BCUT2D eigenvalue weighted by atomic mass is 10.2. The molecule has 1 heterocycles. The molecule has 0 aromatic carbocycles. The van der Waals surface area contributed by atoms with E-state index in [4.69, 9.17) is 21.8 Å². The zero-order valence-electron chi connectivity index (χ0n) is 9.88. The average molecular weight is 287 g/mol. The second-order valence-electron chi connectivity index (χ2n) is 3.77. The normalized spacial score (nSPS) is 11.7. The van der Waals surface area contributed by atoms with Crippen molar-refractivity contribution < 1.29 is 24.6 Å². The lowest BCUT2D eigenvalue weighted by Crippen LogP contribution is -2.42. The van der Waals surface area contributed by atoms with Crippen molar-refractivity contribution in [2.75, 3.05) is 0 Å². The van der Waals surface area contributed by atoms with Crippen LogP contribution in [0.25, 0.3) is 0 Å². The topological polar surface area (TPSA) is 117 Å². The summed E-state index contributed by atoms with van der Waals surface area (Å²) in [5, 5.41) is 19.6. The molecule has 0 saturated carbocycles. The van der Waals surface area contributed by atoms with E-state index >= 15 is 0 Å². The lowest BCUT2D eigenvalue weighted by Gasteiger charge is -2.13. The molecule has 0 spiro atoms. The van der Waals surface area contributed by atoms with E-state index in [-0.39, 0.29) is 10.6 Å². The van der Waals surface area contributed by atoms with Crippen LogP contribution in [-0.2, 0) is 9.59 Å². The first-order chi connectivity index (χ1) is 8.81. The maximum Gasteiger partial charge on any atom is 0.326 e. The van der Waals surface area contributed by atoms with Crippen LogP contribution >= 0.6 is 11.6 Å². The molecule has 0 aliphatic rings. The Morgan fingerprint density at radius 2 is 2.05 bits per heavy atom. The number of carboxylic acid groups (broad SMARTS) is 2. The van der Waals surface area contributed by atoms with Crippen LogP contribution in [-0.4, -0.2) is 39.1 Å². The number of aliphatic carboxylic acids is 2. The summed E-state index contributed by atoms with van der Waals surface area (Å²) in [5.41, 5.74) is 0.589. The number of rotatable bonds is 5. The van der Waals surface area contributed by atoms with Gasteiger partial charge in [-0.15, -0.1) is 0 Å². The molecule has 0 aliphatic carbocycles. The second-order valence-corrected chi connectivity index (χ2v) is 4.17. The van der Waals surface area contributed by atoms with Gasteiger partial charge in [-0.3, -0.25) is 14.6 Å². The number of aryl methyl sites for hydroxylation is 1. The summed E-state index contributed by atoms with van der Waals surface area (Å²) in [6.07, 6.45) is 0.477. The number of hydrogen-bond donors (Lipinski definition) is 3. The summed E-state index contributed by atoms with van der Waals surface area (Å²) in [4.78, 5) is 37.0. The van der Waals surface area contributed by atoms with Gasteiger partial charge in [0, 0.05) is 11.9 Å². The van der Waals surface area contributed by atoms with Crippen molar-refractivity contribution in [3.63, 3.8) is 0 Å². The molecule has 0 radical (unpaired) electrons. The van der Waals surface area contributed by atoms with Crippen LogP contribution in [0.4, 0.5) is 0 Å². The summed E-state index contributed by atoms with van der Waals surface area (Å²) in [5.74, 6) is -3.56. The molecule has 3 N–H and O–H groups in total. The Bertz CT molecular complexity index is 532. The van der Waals surface area contributed by atoms with E-state index in [0.29, 0.717) is 5.69 Å². The molecule has 1 aromatic rings. The first-order valence-electron chi connectivity index (χ1n) is 5.19. The van der Waals surface area contributed by atoms with Crippen molar-refractivity contribution in [2.45, 2.75) is 19.4 Å². The van der Waals surface area contributed by atoms with Crippen LogP contribution in [0, 0.1) is 6.92 Å². The number of carbonyl (C=O) groups excluding carboxylic acids is 1. The lowest BCUT2D eigenvalue weighted by molar-refractivity contribution is -0.145. The first-order valence-corrected chi connectivity index (χ1v) is 5.56. The van der Waals surface area contributed by atoms with Crippen LogP contribution in [0.2, 0.25) is 5.02 Å². The van der Waals surface area contributed by atoms with Crippen LogP contribution in [0.3, 0.4) is 0 Å². The van der Waals surface area contributed by atoms with Gasteiger partial charge in [0.1, 0.15) is 6.04 Å². The first kappa shape index (κ1) is 14.9. The maximum absolute atomic E-state index is 11.8. The van der Waals surface area contributed by atoms with E-state index in [1.54, 1.807) is 6.92 Å². The third kappa shape index (κ3) is 4.22. The number of carbonyl (C=O) groups is 3. The number of nitrogens with one attached hydrogen (secondary N) is 1. The largest absolute Gasteiger partial charge is 0.481 e. The zero-order valence-corrected chi connectivity index (χ0v) is 10.6. The minimum absolute atomic E-state index is 0.0103. The average Bonchev–Trinajstić information content (AvgIpc) is 2.26. The highest BCUT2D eigenvalue weighted by Crippen LogP contribution is 2.15. The molecule has 102 valence electrons. The molecule has 1 rings (SSSR count). The predicted octanol–water partition coefficient (Wildman–Crippen LogP) is 0.701. The number of carboxylic acids is 2. The Kier molecular flexibility index (Phi) is 4.82. The highest BCUT2D eigenvalue weighted by atomic mass is 35.5. The monoisotopic (exact) mass is 286 g/mol. The summed E-state index contributed by atoms with van der Waals surface area (Å²) < 4.78 is 0. The molecule has 19 heavy (non-hydrogen) atoms. The van der Waals surface area contributed by atoms with E-state index in [9.17, 15) is 14.4 Å². The fourth-order valence-electron chi connectivity index (χ4n) is 1.30. The quantitative estimate of drug-likeness (QED) is 0.733. The number of nitrogens with zero attached hydrogens (tertiary/aromatic N) is 1. The molecule has 0 bridgehead atoms.